The van der Waals surface area contributed by atoms with Crippen LogP contribution in [-0.4, -0.2) is 15.1 Å². The monoisotopic (exact) mass is 202 g/mol. The lowest BCUT2D eigenvalue weighted by Crippen LogP contribution is -2.11. The first kappa shape index (κ1) is 9.61. The average molecular weight is 202 g/mol. The fourth-order valence-corrected chi connectivity index (χ4v) is 1.36. The summed E-state index contributed by atoms with van der Waals surface area (Å²) in [7, 11) is 0. The van der Waals surface area contributed by atoms with Crippen LogP contribution in [-0.2, 0) is 6.61 Å². The molecule has 0 radical (unpaired) electrons. The molecule has 0 aliphatic rings. The van der Waals surface area contributed by atoms with Crippen molar-refractivity contribution in [3.05, 3.63) is 52.7 Å². The first-order chi connectivity index (χ1) is 7.31. The van der Waals surface area contributed by atoms with Crippen LogP contribution in [0.25, 0.3) is 11.1 Å². The highest BCUT2D eigenvalue weighted by Gasteiger charge is 2.01. The molecule has 0 bridgehead atoms. The number of aliphatic hydroxyl groups excluding tert-OH is 1. The van der Waals surface area contributed by atoms with E-state index in [0.717, 1.165) is 11.1 Å². The summed E-state index contributed by atoms with van der Waals surface area (Å²) in [6, 6.07) is 5.36. The maximum Gasteiger partial charge on any atom is 0.253 e. The van der Waals surface area contributed by atoms with Gasteiger partial charge in [-0.1, -0.05) is 0 Å². The first-order valence-electron chi connectivity index (χ1n) is 4.54. The van der Waals surface area contributed by atoms with Gasteiger partial charge in [0.1, 0.15) is 0 Å². The van der Waals surface area contributed by atoms with Gasteiger partial charge >= 0.3 is 0 Å². The minimum absolute atomic E-state index is 0.254. The zero-order valence-electron chi connectivity index (χ0n) is 7.97. The lowest BCUT2D eigenvalue weighted by Gasteiger charge is -2.02. The Labute approximate surface area is 86.2 Å². The van der Waals surface area contributed by atoms with E-state index in [0.29, 0.717) is 5.56 Å². The van der Waals surface area contributed by atoms with Crippen molar-refractivity contribution in [1.29, 1.82) is 0 Å². The molecule has 15 heavy (non-hydrogen) atoms. The van der Waals surface area contributed by atoms with E-state index in [-0.39, 0.29) is 12.2 Å². The predicted molar refractivity (Wildman–Crippen MR) is 56.2 cm³/mol. The Kier molecular flexibility index (Phi) is 2.60. The zero-order chi connectivity index (χ0) is 10.7. The molecule has 0 aromatic carbocycles. The Morgan fingerprint density at radius 2 is 2.00 bits per heavy atom. The van der Waals surface area contributed by atoms with Gasteiger partial charge in [0.05, 0.1) is 6.61 Å². The minimum Gasteiger partial charge on any atom is -0.391 e. The Balaban J connectivity index is 2.51. The standard InChI is InChI=1S/C11H10N2O2/c14-7-10-5-9(6-13-11(10)15)8-1-3-12-4-2-8/h1-6,14H,7H2,(H,13,15). The smallest absolute Gasteiger partial charge is 0.253 e. The summed E-state index contributed by atoms with van der Waals surface area (Å²) in [6.45, 7) is -0.256. The number of pyridine rings is 2. The molecule has 0 unspecified atom stereocenters. The summed E-state index contributed by atoms with van der Waals surface area (Å²) < 4.78 is 0. The number of hydrogen-bond donors (Lipinski definition) is 2. The third-order valence-electron chi connectivity index (χ3n) is 2.16. The molecule has 0 atom stereocenters. The van der Waals surface area contributed by atoms with Crippen molar-refractivity contribution in [3.63, 3.8) is 0 Å². The number of nitrogens with one attached hydrogen (secondary N) is 1. The lowest BCUT2D eigenvalue weighted by molar-refractivity contribution is 0.280. The van der Waals surface area contributed by atoms with E-state index in [4.69, 9.17) is 5.11 Å². The van der Waals surface area contributed by atoms with Crippen LogP contribution in [0, 0.1) is 0 Å². The number of nitrogens with zero attached hydrogens (tertiary/aromatic N) is 1. The zero-order valence-corrected chi connectivity index (χ0v) is 7.97. The highest BCUT2D eigenvalue weighted by atomic mass is 16.3. The van der Waals surface area contributed by atoms with Crippen molar-refractivity contribution in [2.24, 2.45) is 0 Å². The summed E-state index contributed by atoms with van der Waals surface area (Å²) in [5.74, 6) is 0. The maximum atomic E-state index is 11.2. The van der Waals surface area contributed by atoms with Crippen molar-refractivity contribution in [1.82, 2.24) is 9.97 Å². The van der Waals surface area contributed by atoms with Gasteiger partial charge in [0.2, 0.25) is 0 Å². The molecule has 0 saturated carbocycles. The Morgan fingerprint density at radius 3 is 2.67 bits per heavy atom. The van der Waals surface area contributed by atoms with Gasteiger partial charge in [-0.3, -0.25) is 9.78 Å². The van der Waals surface area contributed by atoms with Gasteiger partial charge in [-0.25, -0.2) is 0 Å². The van der Waals surface area contributed by atoms with Crippen molar-refractivity contribution >= 4 is 0 Å². The molecule has 2 rings (SSSR count). The summed E-state index contributed by atoms with van der Waals surface area (Å²) >= 11 is 0. The molecule has 0 saturated heterocycles. The van der Waals surface area contributed by atoms with Gasteiger partial charge in [0.25, 0.3) is 5.56 Å². The number of rotatable bonds is 2. The van der Waals surface area contributed by atoms with Crippen LogP contribution in [0.3, 0.4) is 0 Å². The fourth-order valence-electron chi connectivity index (χ4n) is 1.36. The van der Waals surface area contributed by atoms with E-state index in [1.165, 1.54) is 0 Å². The fraction of sp³-hybridized carbons (Fsp3) is 0.0909. The quantitative estimate of drug-likeness (QED) is 0.761. The lowest BCUT2D eigenvalue weighted by atomic mass is 10.1. The van der Waals surface area contributed by atoms with Crippen LogP contribution in [0.1, 0.15) is 5.56 Å². The summed E-state index contributed by atoms with van der Waals surface area (Å²) in [5.41, 5.74) is 1.93. The number of aromatic nitrogens is 2. The Hall–Kier alpha value is -1.94. The van der Waals surface area contributed by atoms with E-state index in [9.17, 15) is 4.79 Å². The molecular formula is C11H10N2O2. The second kappa shape index (κ2) is 4.06. The molecule has 2 N–H and O–H groups in total. The van der Waals surface area contributed by atoms with E-state index in [2.05, 4.69) is 9.97 Å². The third-order valence-corrected chi connectivity index (χ3v) is 2.16. The molecule has 0 amide bonds. The second-order valence-electron chi connectivity index (χ2n) is 3.14. The van der Waals surface area contributed by atoms with Crippen molar-refractivity contribution in [2.45, 2.75) is 6.61 Å². The van der Waals surface area contributed by atoms with Gasteiger partial charge in [0.15, 0.2) is 0 Å². The highest BCUT2D eigenvalue weighted by Crippen LogP contribution is 2.16. The van der Waals surface area contributed by atoms with Crippen LogP contribution in [0.15, 0.2) is 41.6 Å². The predicted octanol–water partition coefficient (Wildman–Crippen LogP) is 0.929. The van der Waals surface area contributed by atoms with Gasteiger partial charge in [-0.15, -0.1) is 0 Å². The van der Waals surface area contributed by atoms with E-state index >= 15 is 0 Å². The topological polar surface area (TPSA) is 66.0 Å². The number of hydrogen-bond acceptors (Lipinski definition) is 3. The number of aliphatic hydroxyl groups is 1. The van der Waals surface area contributed by atoms with Gasteiger partial charge in [0, 0.05) is 24.2 Å². The molecule has 0 fully saturated rings. The van der Waals surface area contributed by atoms with E-state index in [1.54, 1.807) is 24.7 Å². The van der Waals surface area contributed by atoms with Gasteiger partial charge in [-0.2, -0.15) is 0 Å². The van der Waals surface area contributed by atoms with E-state index in [1.807, 2.05) is 12.1 Å². The molecule has 2 heterocycles. The van der Waals surface area contributed by atoms with Crippen LogP contribution in [0.2, 0.25) is 0 Å². The largest absolute Gasteiger partial charge is 0.391 e. The average Bonchev–Trinajstić information content (AvgIpc) is 2.31. The molecule has 0 spiro atoms. The molecule has 4 heteroatoms. The summed E-state index contributed by atoms with van der Waals surface area (Å²) in [5, 5.41) is 8.96. The van der Waals surface area contributed by atoms with Crippen LogP contribution >= 0.6 is 0 Å². The van der Waals surface area contributed by atoms with Crippen molar-refractivity contribution in [3.8, 4) is 11.1 Å². The third kappa shape index (κ3) is 1.94. The molecule has 0 aliphatic carbocycles. The highest BCUT2D eigenvalue weighted by molar-refractivity contribution is 5.62. The van der Waals surface area contributed by atoms with Crippen molar-refractivity contribution in [2.75, 3.05) is 0 Å². The van der Waals surface area contributed by atoms with E-state index < -0.39 is 0 Å². The van der Waals surface area contributed by atoms with Crippen LogP contribution in [0.4, 0.5) is 0 Å². The normalized spacial score (nSPS) is 10.2. The minimum atomic E-state index is -0.256. The Morgan fingerprint density at radius 1 is 1.27 bits per heavy atom. The SMILES string of the molecule is O=c1[nH]cc(-c2ccncc2)cc1CO. The summed E-state index contributed by atoms with van der Waals surface area (Å²) in [6.07, 6.45) is 4.98. The maximum absolute atomic E-state index is 11.2. The molecule has 0 aliphatic heterocycles. The first-order valence-corrected chi connectivity index (χ1v) is 4.54. The number of aromatic amines is 1. The second-order valence-corrected chi connectivity index (χ2v) is 3.14. The summed E-state index contributed by atoms with van der Waals surface area (Å²) in [4.78, 5) is 17.7. The molecular weight excluding hydrogens is 192 g/mol. The molecule has 4 nitrogen and oxygen atoms in total. The van der Waals surface area contributed by atoms with Crippen LogP contribution < -0.4 is 5.56 Å². The van der Waals surface area contributed by atoms with Crippen molar-refractivity contribution < 1.29 is 5.11 Å². The van der Waals surface area contributed by atoms with Gasteiger partial charge in [-0.05, 0) is 29.3 Å². The number of H-pyrrole nitrogens is 1. The molecule has 2 aromatic rings. The molecule has 76 valence electrons. The Bertz CT molecular complexity index is 505. The van der Waals surface area contributed by atoms with Gasteiger partial charge < -0.3 is 10.1 Å². The molecule has 2 aromatic heterocycles. The van der Waals surface area contributed by atoms with Crippen LogP contribution in [0.5, 0.6) is 0 Å².